The zero-order valence-electron chi connectivity index (χ0n) is 10.7. The minimum atomic E-state index is 0.624. The lowest BCUT2D eigenvalue weighted by Crippen LogP contribution is -2.05. The van der Waals surface area contributed by atoms with Gasteiger partial charge in [-0.2, -0.15) is 5.10 Å². The van der Waals surface area contributed by atoms with Crippen LogP contribution in [0.15, 0.2) is 17.1 Å². The molecule has 0 spiro atoms. The summed E-state index contributed by atoms with van der Waals surface area (Å²) in [4.78, 5) is 0. The van der Waals surface area contributed by atoms with Crippen molar-refractivity contribution in [3.05, 3.63) is 28.5 Å². The highest BCUT2D eigenvalue weighted by atomic mass is 79.9. The standard InChI is InChI=1S/C13H21BrN2O/c1-4-7-8-9-17-10-12-13(14)11(5-2)15-16(12)6-3/h4H,1,5-10H2,2-3H3. The Morgan fingerprint density at radius 1 is 1.47 bits per heavy atom. The third-order valence-corrected chi connectivity index (χ3v) is 3.55. The van der Waals surface area contributed by atoms with E-state index >= 15 is 0 Å². The second-order valence-electron chi connectivity index (χ2n) is 3.86. The number of nitrogens with zero attached hydrogens (tertiary/aromatic N) is 2. The summed E-state index contributed by atoms with van der Waals surface area (Å²) in [5.74, 6) is 0. The van der Waals surface area contributed by atoms with Gasteiger partial charge in [0.15, 0.2) is 0 Å². The van der Waals surface area contributed by atoms with E-state index in [1.54, 1.807) is 0 Å². The van der Waals surface area contributed by atoms with Crippen molar-refractivity contribution in [1.82, 2.24) is 9.78 Å². The Hall–Kier alpha value is -0.610. The summed E-state index contributed by atoms with van der Waals surface area (Å²) in [6.45, 7) is 10.2. The Morgan fingerprint density at radius 3 is 2.82 bits per heavy atom. The van der Waals surface area contributed by atoms with Crippen LogP contribution in [0.1, 0.15) is 38.1 Å². The van der Waals surface area contributed by atoms with Gasteiger partial charge in [0.25, 0.3) is 0 Å². The van der Waals surface area contributed by atoms with Crippen LogP contribution in [0.3, 0.4) is 0 Å². The highest BCUT2D eigenvalue weighted by molar-refractivity contribution is 9.10. The summed E-state index contributed by atoms with van der Waals surface area (Å²) in [5.41, 5.74) is 2.25. The van der Waals surface area contributed by atoms with Gasteiger partial charge in [-0.3, -0.25) is 4.68 Å². The molecule has 0 aliphatic heterocycles. The molecule has 0 radical (unpaired) electrons. The topological polar surface area (TPSA) is 27.1 Å². The average molecular weight is 301 g/mol. The van der Waals surface area contributed by atoms with Crippen LogP contribution in [-0.4, -0.2) is 16.4 Å². The predicted octanol–water partition coefficient (Wildman–Crippen LogP) is 3.71. The van der Waals surface area contributed by atoms with E-state index in [-0.39, 0.29) is 0 Å². The lowest BCUT2D eigenvalue weighted by molar-refractivity contribution is 0.113. The first-order chi connectivity index (χ1) is 8.24. The Morgan fingerprint density at radius 2 is 2.24 bits per heavy atom. The van der Waals surface area contributed by atoms with Crippen LogP contribution in [-0.2, 0) is 24.3 Å². The summed E-state index contributed by atoms with van der Waals surface area (Å²) in [6, 6.07) is 0. The summed E-state index contributed by atoms with van der Waals surface area (Å²) < 4.78 is 8.78. The van der Waals surface area contributed by atoms with Gasteiger partial charge in [0.1, 0.15) is 0 Å². The molecule has 0 bridgehead atoms. The van der Waals surface area contributed by atoms with E-state index in [0.717, 1.165) is 48.3 Å². The fraction of sp³-hybridized carbons (Fsp3) is 0.615. The van der Waals surface area contributed by atoms with Gasteiger partial charge in [0.05, 0.1) is 22.5 Å². The molecule has 0 aromatic carbocycles. The SMILES string of the molecule is C=CCCCOCc1c(Br)c(CC)nn1CC. The molecular formula is C13H21BrN2O. The third-order valence-electron chi connectivity index (χ3n) is 2.63. The van der Waals surface area contributed by atoms with E-state index < -0.39 is 0 Å². The molecule has 1 aromatic heterocycles. The summed E-state index contributed by atoms with van der Waals surface area (Å²) >= 11 is 3.61. The molecule has 0 atom stereocenters. The quantitative estimate of drug-likeness (QED) is 0.540. The van der Waals surface area contributed by atoms with Gasteiger partial charge in [0, 0.05) is 13.2 Å². The summed E-state index contributed by atoms with van der Waals surface area (Å²) in [5, 5.41) is 4.54. The van der Waals surface area contributed by atoms with E-state index in [4.69, 9.17) is 4.74 Å². The molecule has 3 nitrogen and oxygen atoms in total. The van der Waals surface area contributed by atoms with Crippen molar-refractivity contribution in [2.45, 2.75) is 46.3 Å². The fourth-order valence-corrected chi connectivity index (χ4v) is 2.33. The van der Waals surface area contributed by atoms with Crippen molar-refractivity contribution in [2.75, 3.05) is 6.61 Å². The molecule has 0 aliphatic rings. The largest absolute Gasteiger partial charge is 0.375 e. The highest BCUT2D eigenvalue weighted by Crippen LogP contribution is 2.23. The molecule has 96 valence electrons. The molecule has 0 unspecified atom stereocenters. The van der Waals surface area contributed by atoms with Gasteiger partial charge >= 0.3 is 0 Å². The first kappa shape index (κ1) is 14.5. The van der Waals surface area contributed by atoms with Crippen molar-refractivity contribution in [1.29, 1.82) is 0 Å². The number of hydrogen-bond donors (Lipinski definition) is 0. The van der Waals surface area contributed by atoms with Crippen LogP contribution < -0.4 is 0 Å². The molecule has 0 amide bonds. The molecule has 0 saturated carbocycles. The number of allylic oxidation sites excluding steroid dienone is 1. The van der Waals surface area contributed by atoms with Crippen LogP contribution in [0.2, 0.25) is 0 Å². The van der Waals surface area contributed by atoms with Crippen molar-refractivity contribution in [2.24, 2.45) is 0 Å². The van der Waals surface area contributed by atoms with Gasteiger partial charge in [-0.1, -0.05) is 13.0 Å². The maximum atomic E-state index is 5.66. The molecule has 1 aromatic rings. The maximum absolute atomic E-state index is 5.66. The van der Waals surface area contributed by atoms with Crippen molar-refractivity contribution in [3.63, 3.8) is 0 Å². The Kier molecular flexibility index (Phi) is 6.52. The minimum absolute atomic E-state index is 0.624. The fourth-order valence-electron chi connectivity index (χ4n) is 1.65. The van der Waals surface area contributed by atoms with Crippen LogP contribution in [0.25, 0.3) is 0 Å². The van der Waals surface area contributed by atoms with Gasteiger partial charge in [-0.25, -0.2) is 0 Å². The first-order valence-electron chi connectivity index (χ1n) is 6.17. The Balaban J connectivity index is 2.56. The summed E-state index contributed by atoms with van der Waals surface area (Å²) in [7, 11) is 0. The van der Waals surface area contributed by atoms with Crippen LogP contribution >= 0.6 is 15.9 Å². The smallest absolute Gasteiger partial charge is 0.0896 e. The van der Waals surface area contributed by atoms with Crippen LogP contribution in [0.5, 0.6) is 0 Å². The first-order valence-corrected chi connectivity index (χ1v) is 6.96. The van der Waals surface area contributed by atoms with Gasteiger partial charge < -0.3 is 4.74 Å². The molecule has 1 heterocycles. The monoisotopic (exact) mass is 300 g/mol. The zero-order chi connectivity index (χ0) is 12.7. The maximum Gasteiger partial charge on any atom is 0.0896 e. The number of rotatable bonds is 8. The molecule has 4 heteroatoms. The van der Waals surface area contributed by atoms with Crippen LogP contribution in [0.4, 0.5) is 0 Å². The number of aryl methyl sites for hydroxylation is 2. The van der Waals surface area contributed by atoms with Gasteiger partial charge in [-0.15, -0.1) is 6.58 Å². The lowest BCUT2D eigenvalue weighted by atomic mass is 10.3. The average Bonchev–Trinajstić information content (AvgIpc) is 2.65. The zero-order valence-corrected chi connectivity index (χ0v) is 12.3. The molecule has 0 aliphatic carbocycles. The second kappa shape index (κ2) is 7.67. The molecule has 0 N–H and O–H groups in total. The number of hydrogen-bond acceptors (Lipinski definition) is 2. The van der Waals surface area contributed by atoms with Crippen molar-refractivity contribution in [3.8, 4) is 0 Å². The lowest BCUT2D eigenvalue weighted by Gasteiger charge is -2.06. The molecule has 17 heavy (non-hydrogen) atoms. The number of halogens is 1. The third kappa shape index (κ3) is 3.96. The van der Waals surface area contributed by atoms with Gasteiger partial charge in [-0.05, 0) is 42.1 Å². The van der Waals surface area contributed by atoms with Gasteiger partial charge in [0.2, 0.25) is 0 Å². The normalized spacial score (nSPS) is 10.8. The Bertz CT molecular complexity index is 361. The number of unbranched alkanes of at least 4 members (excludes halogenated alkanes) is 1. The van der Waals surface area contributed by atoms with Crippen molar-refractivity contribution >= 4 is 15.9 Å². The minimum Gasteiger partial charge on any atom is -0.375 e. The predicted molar refractivity (Wildman–Crippen MR) is 74.1 cm³/mol. The summed E-state index contributed by atoms with van der Waals surface area (Å²) in [6.07, 6.45) is 4.90. The molecule has 1 rings (SSSR count). The Labute approximate surface area is 112 Å². The van der Waals surface area contributed by atoms with E-state index in [2.05, 4.69) is 41.5 Å². The number of ether oxygens (including phenoxy) is 1. The second-order valence-corrected chi connectivity index (χ2v) is 4.65. The van der Waals surface area contributed by atoms with E-state index in [9.17, 15) is 0 Å². The molecule has 0 saturated heterocycles. The number of aromatic nitrogens is 2. The van der Waals surface area contributed by atoms with E-state index in [0.29, 0.717) is 6.61 Å². The molecule has 0 fully saturated rings. The van der Waals surface area contributed by atoms with E-state index in [1.807, 2.05) is 10.8 Å². The van der Waals surface area contributed by atoms with Crippen molar-refractivity contribution < 1.29 is 4.74 Å². The van der Waals surface area contributed by atoms with E-state index in [1.165, 1.54) is 0 Å². The molecular weight excluding hydrogens is 280 g/mol. The highest BCUT2D eigenvalue weighted by Gasteiger charge is 2.13. The van der Waals surface area contributed by atoms with Crippen LogP contribution in [0, 0.1) is 0 Å².